The average Bonchev–Trinajstić information content (AvgIpc) is 2.18. The van der Waals surface area contributed by atoms with E-state index >= 15 is 0 Å². The highest BCUT2D eigenvalue weighted by Gasteiger charge is 2.20. The molecular formula is C11H16N. The van der Waals surface area contributed by atoms with Crippen LogP contribution in [-0.4, -0.2) is 7.05 Å². The summed E-state index contributed by atoms with van der Waals surface area (Å²) in [4.78, 5) is 0. The van der Waals surface area contributed by atoms with Crippen molar-refractivity contribution < 1.29 is 0 Å². The molecule has 1 nitrogen and oxygen atoms in total. The molecule has 0 bridgehead atoms. The molecule has 1 radical (unpaired) electrons. The van der Waals surface area contributed by atoms with Gasteiger partial charge in [0.05, 0.1) is 0 Å². The minimum absolute atomic E-state index is 0.0151. The van der Waals surface area contributed by atoms with Crippen LogP contribution in [0.3, 0.4) is 0 Å². The Kier molecular flexibility index (Phi) is 2.88. The molecule has 0 amide bonds. The lowest BCUT2D eigenvalue weighted by molar-refractivity contribution is 0.403. The van der Waals surface area contributed by atoms with Crippen LogP contribution in [0.1, 0.15) is 18.9 Å². The van der Waals surface area contributed by atoms with Gasteiger partial charge in [-0.25, -0.2) is 0 Å². The molecule has 1 unspecified atom stereocenters. The molecule has 0 heterocycles. The van der Waals surface area contributed by atoms with Gasteiger partial charge in [-0.1, -0.05) is 37.3 Å². The summed E-state index contributed by atoms with van der Waals surface area (Å²) in [6.07, 6.45) is 0.855. The van der Waals surface area contributed by atoms with Gasteiger partial charge in [-0.15, -0.1) is 0 Å². The molecule has 1 rings (SSSR count). The Balaban J connectivity index is 2.95. The van der Waals surface area contributed by atoms with Gasteiger partial charge in [0.2, 0.25) is 0 Å². The van der Waals surface area contributed by atoms with E-state index in [4.69, 9.17) is 0 Å². The SMILES string of the molecule is [CH2]CC(C)(NC)c1ccccc1. The molecule has 1 N–H and O–H groups in total. The van der Waals surface area contributed by atoms with Crippen LogP contribution < -0.4 is 5.32 Å². The summed E-state index contributed by atoms with van der Waals surface area (Å²) in [6.45, 7) is 6.10. The van der Waals surface area contributed by atoms with Crippen molar-refractivity contribution in [3.8, 4) is 0 Å². The number of benzene rings is 1. The molecule has 0 spiro atoms. The largest absolute Gasteiger partial charge is 0.311 e. The van der Waals surface area contributed by atoms with Crippen molar-refractivity contribution in [3.05, 3.63) is 42.8 Å². The normalized spacial score (nSPS) is 15.6. The molecule has 0 fully saturated rings. The summed E-state index contributed by atoms with van der Waals surface area (Å²) in [5.41, 5.74) is 1.31. The van der Waals surface area contributed by atoms with Crippen LogP contribution in [0.25, 0.3) is 0 Å². The molecule has 1 aromatic rings. The molecule has 65 valence electrons. The summed E-state index contributed by atoms with van der Waals surface area (Å²) >= 11 is 0. The van der Waals surface area contributed by atoms with E-state index in [2.05, 4.69) is 43.4 Å². The van der Waals surface area contributed by atoms with Crippen LogP contribution in [0.15, 0.2) is 30.3 Å². The molecule has 1 atom stereocenters. The van der Waals surface area contributed by atoms with Gasteiger partial charge >= 0.3 is 0 Å². The Morgan fingerprint density at radius 3 is 2.33 bits per heavy atom. The van der Waals surface area contributed by atoms with Crippen LogP contribution in [0, 0.1) is 6.92 Å². The molecule has 0 aliphatic carbocycles. The molecule has 0 saturated heterocycles. The van der Waals surface area contributed by atoms with Gasteiger partial charge < -0.3 is 5.32 Å². The highest BCUT2D eigenvalue weighted by Crippen LogP contribution is 2.22. The molecule has 0 aromatic heterocycles. The fourth-order valence-electron chi connectivity index (χ4n) is 1.22. The third kappa shape index (κ3) is 1.67. The number of hydrogen-bond donors (Lipinski definition) is 1. The maximum absolute atomic E-state index is 3.94. The van der Waals surface area contributed by atoms with E-state index < -0.39 is 0 Å². The Morgan fingerprint density at radius 2 is 1.92 bits per heavy atom. The maximum Gasteiger partial charge on any atom is 0.0403 e. The number of rotatable bonds is 3. The predicted molar refractivity (Wildman–Crippen MR) is 52.8 cm³/mol. The van der Waals surface area contributed by atoms with Gasteiger partial charge in [0, 0.05) is 5.54 Å². The zero-order valence-corrected chi connectivity index (χ0v) is 7.80. The Hall–Kier alpha value is -0.820. The van der Waals surface area contributed by atoms with Crippen LogP contribution in [0.4, 0.5) is 0 Å². The molecule has 1 heteroatoms. The van der Waals surface area contributed by atoms with Crippen molar-refractivity contribution in [3.63, 3.8) is 0 Å². The van der Waals surface area contributed by atoms with Crippen molar-refractivity contribution in [2.75, 3.05) is 7.05 Å². The maximum atomic E-state index is 3.94. The topological polar surface area (TPSA) is 12.0 Å². The third-order valence-corrected chi connectivity index (χ3v) is 2.46. The van der Waals surface area contributed by atoms with Crippen molar-refractivity contribution in [1.29, 1.82) is 0 Å². The van der Waals surface area contributed by atoms with E-state index in [0.29, 0.717) is 0 Å². The van der Waals surface area contributed by atoms with Crippen LogP contribution in [0.5, 0.6) is 0 Å². The monoisotopic (exact) mass is 162 g/mol. The van der Waals surface area contributed by atoms with Gasteiger partial charge in [0.1, 0.15) is 0 Å². The minimum Gasteiger partial charge on any atom is -0.311 e. The first-order chi connectivity index (χ1) is 5.73. The Bertz CT molecular complexity index is 224. The van der Waals surface area contributed by atoms with Crippen molar-refractivity contribution in [1.82, 2.24) is 5.32 Å². The first kappa shape index (κ1) is 9.27. The summed E-state index contributed by atoms with van der Waals surface area (Å²) < 4.78 is 0. The second-order valence-corrected chi connectivity index (χ2v) is 3.20. The molecule has 12 heavy (non-hydrogen) atoms. The molecule has 0 saturated carbocycles. The summed E-state index contributed by atoms with van der Waals surface area (Å²) in [5.74, 6) is 0. The summed E-state index contributed by atoms with van der Waals surface area (Å²) in [5, 5.41) is 3.28. The van der Waals surface area contributed by atoms with Crippen LogP contribution in [-0.2, 0) is 5.54 Å². The molecule has 0 aliphatic rings. The summed E-state index contributed by atoms with van der Waals surface area (Å²) in [6, 6.07) is 10.4. The average molecular weight is 162 g/mol. The van der Waals surface area contributed by atoms with E-state index in [9.17, 15) is 0 Å². The smallest absolute Gasteiger partial charge is 0.0403 e. The van der Waals surface area contributed by atoms with E-state index in [-0.39, 0.29) is 5.54 Å². The van der Waals surface area contributed by atoms with Crippen molar-refractivity contribution in [2.24, 2.45) is 0 Å². The second-order valence-electron chi connectivity index (χ2n) is 3.20. The standard InChI is InChI=1S/C11H16N/c1-4-11(2,12-3)10-8-6-5-7-9-10/h5-9,12H,1,4H2,2-3H3. The predicted octanol–water partition coefficient (Wildman–Crippen LogP) is 2.35. The van der Waals surface area contributed by atoms with Gasteiger partial charge in [-0.05, 0) is 26.0 Å². The van der Waals surface area contributed by atoms with Crippen molar-refractivity contribution >= 4 is 0 Å². The number of hydrogen-bond acceptors (Lipinski definition) is 1. The van der Waals surface area contributed by atoms with Crippen LogP contribution >= 0.6 is 0 Å². The third-order valence-electron chi connectivity index (χ3n) is 2.46. The lowest BCUT2D eigenvalue weighted by atomic mass is 9.90. The van der Waals surface area contributed by atoms with E-state index in [0.717, 1.165) is 6.42 Å². The minimum atomic E-state index is 0.0151. The second kappa shape index (κ2) is 3.72. The van der Waals surface area contributed by atoms with Gasteiger partial charge in [-0.2, -0.15) is 0 Å². The quantitative estimate of drug-likeness (QED) is 0.719. The number of nitrogens with one attached hydrogen (secondary N) is 1. The zero-order valence-electron chi connectivity index (χ0n) is 7.80. The fraction of sp³-hybridized carbons (Fsp3) is 0.364. The van der Waals surface area contributed by atoms with Gasteiger partial charge in [0.15, 0.2) is 0 Å². The molecular weight excluding hydrogens is 146 g/mol. The Morgan fingerprint density at radius 1 is 1.33 bits per heavy atom. The van der Waals surface area contributed by atoms with E-state index in [1.807, 2.05) is 13.1 Å². The summed E-state index contributed by atoms with van der Waals surface area (Å²) in [7, 11) is 1.97. The van der Waals surface area contributed by atoms with E-state index in [1.165, 1.54) is 5.56 Å². The van der Waals surface area contributed by atoms with Crippen molar-refractivity contribution in [2.45, 2.75) is 18.9 Å². The first-order valence-electron chi connectivity index (χ1n) is 4.26. The van der Waals surface area contributed by atoms with Crippen LogP contribution in [0.2, 0.25) is 0 Å². The molecule has 1 aromatic carbocycles. The van der Waals surface area contributed by atoms with E-state index in [1.54, 1.807) is 0 Å². The molecule has 0 aliphatic heterocycles. The highest BCUT2D eigenvalue weighted by molar-refractivity contribution is 5.23. The highest BCUT2D eigenvalue weighted by atomic mass is 14.9. The first-order valence-corrected chi connectivity index (χ1v) is 4.26. The van der Waals surface area contributed by atoms with Gasteiger partial charge in [0.25, 0.3) is 0 Å². The lowest BCUT2D eigenvalue weighted by Crippen LogP contribution is -2.35. The zero-order chi connectivity index (χ0) is 9.03. The fourth-order valence-corrected chi connectivity index (χ4v) is 1.22. The lowest BCUT2D eigenvalue weighted by Gasteiger charge is -2.28. The van der Waals surface area contributed by atoms with Gasteiger partial charge in [-0.3, -0.25) is 0 Å². The Labute approximate surface area is 74.8 Å².